The average Bonchev–Trinajstić information content (AvgIpc) is 2.46. The zero-order chi connectivity index (χ0) is 14.3. The number of rotatable bonds is 7. The molecule has 1 unspecified atom stereocenters. The molecule has 128 valence electrons. The second-order valence-electron chi connectivity index (χ2n) is 5.51. The fourth-order valence-corrected chi connectivity index (χ4v) is 2.58. The lowest BCUT2D eigenvalue weighted by Crippen LogP contribution is -2.52. The Kier molecular flexibility index (Phi) is 10.8. The zero-order valence-corrected chi connectivity index (χ0v) is 14.8. The summed E-state index contributed by atoms with van der Waals surface area (Å²) in [5.41, 5.74) is 0.714. The van der Waals surface area contributed by atoms with Crippen LogP contribution in [0.25, 0.3) is 0 Å². The first-order chi connectivity index (χ1) is 9.72. The lowest BCUT2D eigenvalue weighted by atomic mass is 9.94. The van der Waals surface area contributed by atoms with Crippen molar-refractivity contribution in [1.29, 1.82) is 0 Å². The van der Waals surface area contributed by atoms with E-state index in [2.05, 4.69) is 22.8 Å². The number of piperidine rings is 1. The zero-order valence-electron chi connectivity index (χ0n) is 13.1. The Balaban J connectivity index is 0.00000220. The molecule has 1 aliphatic heterocycles. The summed E-state index contributed by atoms with van der Waals surface area (Å²) in [4.78, 5) is 0. The van der Waals surface area contributed by atoms with Crippen LogP contribution in [-0.4, -0.2) is 43.5 Å². The Morgan fingerprint density at radius 1 is 1.27 bits per heavy atom. The van der Waals surface area contributed by atoms with E-state index in [0.717, 1.165) is 38.1 Å². The maximum Gasteiger partial charge on any atom is 0.119 e. The molecule has 0 aromatic heterocycles. The van der Waals surface area contributed by atoms with Crippen LogP contribution in [0.5, 0.6) is 5.75 Å². The van der Waals surface area contributed by atoms with Gasteiger partial charge in [0.15, 0.2) is 0 Å². The van der Waals surface area contributed by atoms with Crippen molar-refractivity contribution in [2.75, 3.05) is 32.8 Å². The number of ether oxygens (including phenoxy) is 1. The van der Waals surface area contributed by atoms with Crippen LogP contribution in [-0.2, 0) is 6.42 Å². The van der Waals surface area contributed by atoms with Gasteiger partial charge in [-0.1, -0.05) is 12.1 Å². The first-order valence-electron chi connectivity index (χ1n) is 7.57. The van der Waals surface area contributed by atoms with Crippen LogP contribution in [0.2, 0.25) is 0 Å². The van der Waals surface area contributed by atoms with Gasteiger partial charge in [0.2, 0.25) is 0 Å². The van der Waals surface area contributed by atoms with Crippen LogP contribution < -0.4 is 15.4 Å². The third-order valence-electron chi connectivity index (χ3n) is 3.73. The molecule has 0 aliphatic carbocycles. The summed E-state index contributed by atoms with van der Waals surface area (Å²) < 4.78 is 5.42. The van der Waals surface area contributed by atoms with E-state index >= 15 is 0 Å². The minimum Gasteiger partial charge on any atom is -0.494 e. The minimum absolute atomic E-state index is 0. The third-order valence-corrected chi connectivity index (χ3v) is 3.73. The fraction of sp³-hybridized carbons (Fsp3) is 0.625. The molecule has 22 heavy (non-hydrogen) atoms. The third kappa shape index (κ3) is 7.16. The molecule has 0 amide bonds. The van der Waals surface area contributed by atoms with Gasteiger partial charge in [-0.15, -0.1) is 24.8 Å². The number of hydrogen-bond donors (Lipinski definition) is 3. The summed E-state index contributed by atoms with van der Waals surface area (Å²) in [6.45, 7) is 5.96. The highest BCUT2D eigenvalue weighted by molar-refractivity contribution is 5.85. The first kappa shape index (κ1) is 21.5. The second kappa shape index (κ2) is 11.1. The highest BCUT2D eigenvalue weighted by Crippen LogP contribution is 2.15. The van der Waals surface area contributed by atoms with E-state index in [-0.39, 0.29) is 24.8 Å². The molecular formula is C16H28Cl2N2O2. The summed E-state index contributed by atoms with van der Waals surface area (Å²) >= 11 is 0. The normalized spacial score (nSPS) is 20.6. The van der Waals surface area contributed by atoms with Crippen molar-refractivity contribution in [2.45, 2.75) is 31.8 Å². The van der Waals surface area contributed by atoms with Gasteiger partial charge < -0.3 is 20.5 Å². The molecule has 1 heterocycles. The average molecular weight is 351 g/mol. The van der Waals surface area contributed by atoms with Crippen molar-refractivity contribution >= 4 is 24.8 Å². The standard InChI is InChI=1S/C16H26N2O2.2ClH/c1-2-20-15-6-4-14(5-7-15)8-11-18-13-16(19)9-3-10-17-12-16;;/h4-7,17-19H,2-3,8-13H2,1H3;2*1H. The number of aliphatic hydroxyl groups is 1. The van der Waals surface area contributed by atoms with Gasteiger partial charge in [-0.05, 0) is 57.0 Å². The number of nitrogens with one attached hydrogen (secondary N) is 2. The summed E-state index contributed by atoms with van der Waals surface area (Å²) in [6.07, 6.45) is 2.91. The second-order valence-corrected chi connectivity index (χ2v) is 5.51. The Hall–Kier alpha value is -0.520. The molecule has 0 spiro atoms. The molecule has 1 saturated heterocycles. The van der Waals surface area contributed by atoms with Crippen molar-refractivity contribution in [3.8, 4) is 5.75 Å². The summed E-state index contributed by atoms with van der Waals surface area (Å²) in [5.74, 6) is 0.923. The van der Waals surface area contributed by atoms with Crippen LogP contribution in [0.3, 0.4) is 0 Å². The molecule has 3 N–H and O–H groups in total. The molecular weight excluding hydrogens is 323 g/mol. The molecule has 1 aromatic rings. The van der Waals surface area contributed by atoms with Crippen LogP contribution in [0.15, 0.2) is 24.3 Å². The van der Waals surface area contributed by atoms with Crippen molar-refractivity contribution in [1.82, 2.24) is 10.6 Å². The molecule has 4 nitrogen and oxygen atoms in total. The van der Waals surface area contributed by atoms with Gasteiger partial charge in [0.1, 0.15) is 5.75 Å². The SMILES string of the molecule is CCOc1ccc(CCNCC2(O)CCCNC2)cc1.Cl.Cl. The van der Waals surface area contributed by atoms with E-state index in [1.807, 2.05) is 19.1 Å². The maximum absolute atomic E-state index is 10.3. The number of β-amino-alcohol motifs (C(OH)–C–C–N with tert-alkyl or cyclic N) is 1. The molecule has 0 radical (unpaired) electrons. The molecule has 1 fully saturated rings. The van der Waals surface area contributed by atoms with Gasteiger partial charge in [0.05, 0.1) is 12.2 Å². The molecule has 1 aromatic carbocycles. The van der Waals surface area contributed by atoms with E-state index in [1.54, 1.807) is 0 Å². The topological polar surface area (TPSA) is 53.5 Å². The summed E-state index contributed by atoms with van der Waals surface area (Å²) in [7, 11) is 0. The highest BCUT2D eigenvalue weighted by Gasteiger charge is 2.28. The molecule has 1 aliphatic rings. The first-order valence-corrected chi connectivity index (χ1v) is 7.57. The number of benzene rings is 1. The Morgan fingerprint density at radius 2 is 2.00 bits per heavy atom. The van der Waals surface area contributed by atoms with Gasteiger partial charge >= 0.3 is 0 Å². The van der Waals surface area contributed by atoms with Crippen molar-refractivity contribution in [2.24, 2.45) is 0 Å². The van der Waals surface area contributed by atoms with Crippen molar-refractivity contribution < 1.29 is 9.84 Å². The quantitative estimate of drug-likeness (QED) is 0.659. The highest BCUT2D eigenvalue weighted by atomic mass is 35.5. The van der Waals surface area contributed by atoms with E-state index in [1.165, 1.54) is 5.56 Å². The van der Waals surface area contributed by atoms with Crippen LogP contribution in [0, 0.1) is 0 Å². The fourth-order valence-electron chi connectivity index (χ4n) is 2.58. The van der Waals surface area contributed by atoms with E-state index in [4.69, 9.17) is 4.74 Å². The Bertz CT molecular complexity index is 396. The Labute approximate surface area is 145 Å². The van der Waals surface area contributed by atoms with Gasteiger partial charge in [-0.25, -0.2) is 0 Å². The van der Waals surface area contributed by atoms with E-state index < -0.39 is 5.60 Å². The maximum atomic E-state index is 10.3. The summed E-state index contributed by atoms with van der Waals surface area (Å²) in [6, 6.07) is 8.22. The van der Waals surface area contributed by atoms with Crippen LogP contribution in [0.1, 0.15) is 25.3 Å². The monoisotopic (exact) mass is 350 g/mol. The molecule has 1 atom stereocenters. The van der Waals surface area contributed by atoms with Crippen molar-refractivity contribution in [3.63, 3.8) is 0 Å². The molecule has 0 bridgehead atoms. The van der Waals surface area contributed by atoms with E-state index in [0.29, 0.717) is 19.7 Å². The van der Waals surface area contributed by atoms with Gasteiger partial charge in [0, 0.05) is 13.1 Å². The predicted molar refractivity (Wildman–Crippen MR) is 95.7 cm³/mol. The lowest BCUT2D eigenvalue weighted by Gasteiger charge is -2.32. The minimum atomic E-state index is -0.572. The van der Waals surface area contributed by atoms with Gasteiger partial charge in [-0.2, -0.15) is 0 Å². The van der Waals surface area contributed by atoms with Gasteiger partial charge in [0.25, 0.3) is 0 Å². The summed E-state index contributed by atoms with van der Waals surface area (Å²) in [5, 5.41) is 16.9. The van der Waals surface area contributed by atoms with Crippen LogP contribution in [0.4, 0.5) is 0 Å². The molecule has 2 rings (SSSR count). The van der Waals surface area contributed by atoms with Crippen molar-refractivity contribution in [3.05, 3.63) is 29.8 Å². The van der Waals surface area contributed by atoms with E-state index in [9.17, 15) is 5.11 Å². The Morgan fingerprint density at radius 3 is 2.59 bits per heavy atom. The van der Waals surface area contributed by atoms with Crippen LogP contribution >= 0.6 is 24.8 Å². The largest absolute Gasteiger partial charge is 0.494 e. The molecule has 6 heteroatoms. The number of hydrogen-bond acceptors (Lipinski definition) is 4. The smallest absolute Gasteiger partial charge is 0.119 e. The van der Waals surface area contributed by atoms with Gasteiger partial charge in [-0.3, -0.25) is 0 Å². The predicted octanol–water partition coefficient (Wildman–Crippen LogP) is 2.18. The lowest BCUT2D eigenvalue weighted by molar-refractivity contribution is 0.0174. The molecule has 0 saturated carbocycles. The number of halogens is 2.